The molecule has 0 aliphatic heterocycles. The number of rotatable bonds is 7. The standard InChI is InChI=1S/C19H17ClFNO4/c1-12(23)22-9-8-13-2-4-14(5-3-13)18(24)11-26-19(25)16-10-15(20)6-7-17(16)21/h2-7,10H,8-9,11H2,1H3,(H,22,23). The third-order valence-electron chi connectivity index (χ3n) is 3.55. The fourth-order valence-electron chi connectivity index (χ4n) is 2.19. The van der Waals surface area contributed by atoms with Gasteiger partial charge in [0.2, 0.25) is 5.91 Å². The smallest absolute Gasteiger partial charge is 0.341 e. The number of nitrogens with one attached hydrogen (secondary N) is 1. The first-order valence-electron chi connectivity index (χ1n) is 7.85. The van der Waals surface area contributed by atoms with E-state index in [0.29, 0.717) is 18.5 Å². The van der Waals surface area contributed by atoms with Gasteiger partial charge >= 0.3 is 5.97 Å². The zero-order valence-electron chi connectivity index (χ0n) is 14.1. The molecule has 0 saturated carbocycles. The quantitative estimate of drug-likeness (QED) is 0.594. The van der Waals surface area contributed by atoms with Gasteiger partial charge in [0, 0.05) is 24.1 Å². The summed E-state index contributed by atoms with van der Waals surface area (Å²) in [5, 5.41) is 2.88. The van der Waals surface area contributed by atoms with Gasteiger partial charge in [0.1, 0.15) is 5.82 Å². The van der Waals surface area contributed by atoms with Crippen LogP contribution in [-0.2, 0) is 16.0 Å². The average molecular weight is 378 g/mol. The Bertz CT molecular complexity index is 821. The lowest BCUT2D eigenvalue weighted by atomic mass is 10.1. The molecule has 1 N–H and O–H groups in total. The fourth-order valence-corrected chi connectivity index (χ4v) is 2.36. The molecular weight excluding hydrogens is 361 g/mol. The predicted molar refractivity (Wildman–Crippen MR) is 94.9 cm³/mol. The number of amides is 1. The molecule has 5 nitrogen and oxygen atoms in total. The molecule has 0 unspecified atom stereocenters. The van der Waals surface area contributed by atoms with Crippen molar-refractivity contribution in [3.05, 3.63) is 70.0 Å². The molecule has 136 valence electrons. The molecule has 26 heavy (non-hydrogen) atoms. The van der Waals surface area contributed by atoms with Crippen molar-refractivity contribution in [2.24, 2.45) is 0 Å². The van der Waals surface area contributed by atoms with E-state index in [2.05, 4.69) is 5.32 Å². The maximum atomic E-state index is 13.6. The van der Waals surface area contributed by atoms with Crippen molar-refractivity contribution in [2.75, 3.05) is 13.2 Å². The highest BCUT2D eigenvalue weighted by atomic mass is 35.5. The Labute approximate surface area is 155 Å². The molecule has 2 aromatic carbocycles. The van der Waals surface area contributed by atoms with Crippen molar-refractivity contribution in [2.45, 2.75) is 13.3 Å². The molecule has 0 spiro atoms. The molecular formula is C19H17ClFNO4. The van der Waals surface area contributed by atoms with Gasteiger partial charge < -0.3 is 10.1 Å². The summed E-state index contributed by atoms with van der Waals surface area (Å²) in [4.78, 5) is 34.8. The zero-order chi connectivity index (χ0) is 19.1. The van der Waals surface area contributed by atoms with Crippen LogP contribution < -0.4 is 5.32 Å². The Balaban J connectivity index is 1.90. The van der Waals surface area contributed by atoms with Crippen LogP contribution in [0.4, 0.5) is 4.39 Å². The second-order valence-electron chi connectivity index (χ2n) is 5.55. The Morgan fingerprint density at radius 3 is 2.46 bits per heavy atom. The molecule has 0 heterocycles. The van der Waals surface area contributed by atoms with E-state index in [1.54, 1.807) is 24.3 Å². The van der Waals surface area contributed by atoms with E-state index in [4.69, 9.17) is 16.3 Å². The normalized spacial score (nSPS) is 10.3. The number of benzene rings is 2. The second kappa shape index (κ2) is 9.10. The van der Waals surface area contributed by atoms with Gasteiger partial charge in [-0.25, -0.2) is 9.18 Å². The molecule has 0 aliphatic rings. The van der Waals surface area contributed by atoms with Gasteiger partial charge in [-0.15, -0.1) is 0 Å². The van der Waals surface area contributed by atoms with Gasteiger partial charge in [-0.3, -0.25) is 9.59 Å². The van der Waals surface area contributed by atoms with Crippen molar-refractivity contribution >= 4 is 29.3 Å². The highest BCUT2D eigenvalue weighted by Gasteiger charge is 2.16. The Kier molecular flexibility index (Phi) is 6.86. The second-order valence-corrected chi connectivity index (χ2v) is 5.99. The van der Waals surface area contributed by atoms with Crippen LogP contribution in [0.25, 0.3) is 0 Å². The van der Waals surface area contributed by atoms with Gasteiger partial charge in [-0.05, 0) is 30.2 Å². The number of carbonyl (C=O) groups excluding carboxylic acids is 3. The van der Waals surface area contributed by atoms with E-state index < -0.39 is 24.2 Å². The van der Waals surface area contributed by atoms with Crippen LogP contribution >= 0.6 is 11.6 Å². The molecule has 0 atom stereocenters. The minimum Gasteiger partial charge on any atom is -0.454 e. The number of hydrogen-bond donors (Lipinski definition) is 1. The summed E-state index contributed by atoms with van der Waals surface area (Å²) in [5.41, 5.74) is 1.000. The van der Waals surface area contributed by atoms with Crippen molar-refractivity contribution in [1.82, 2.24) is 5.32 Å². The molecule has 0 aromatic heterocycles. The third kappa shape index (κ3) is 5.67. The summed E-state index contributed by atoms with van der Waals surface area (Å²) >= 11 is 5.72. The lowest BCUT2D eigenvalue weighted by molar-refractivity contribution is -0.118. The maximum Gasteiger partial charge on any atom is 0.341 e. The van der Waals surface area contributed by atoms with Crippen molar-refractivity contribution < 1.29 is 23.5 Å². The topological polar surface area (TPSA) is 72.5 Å². The predicted octanol–water partition coefficient (Wildman–Crippen LogP) is 3.20. The minimum absolute atomic E-state index is 0.102. The molecule has 0 saturated heterocycles. The number of ether oxygens (including phenoxy) is 1. The van der Waals surface area contributed by atoms with E-state index >= 15 is 0 Å². The van der Waals surface area contributed by atoms with Crippen LogP contribution in [0.2, 0.25) is 5.02 Å². The minimum atomic E-state index is -0.953. The summed E-state index contributed by atoms with van der Waals surface area (Å²) in [6.07, 6.45) is 0.636. The summed E-state index contributed by atoms with van der Waals surface area (Å²) < 4.78 is 18.5. The highest BCUT2D eigenvalue weighted by Crippen LogP contribution is 2.16. The van der Waals surface area contributed by atoms with Crippen molar-refractivity contribution in [3.63, 3.8) is 0 Å². The average Bonchev–Trinajstić information content (AvgIpc) is 2.61. The number of ketones is 1. The molecule has 7 heteroatoms. The third-order valence-corrected chi connectivity index (χ3v) is 3.78. The Morgan fingerprint density at radius 1 is 1.12 bits per heavy atom. The highest BCUT2D eigenvalue weighted by molar-refractivity contribution is 6.30. The van der Waals surface area contributed by atoms with Gasteiger partial charge in [0.25, 0.3) is 0 Å². The van der Waals surface area contributed by atoms with E-state index in [0.717, 1.165) is 17.7 Å². The number of Topliss-reactive ketones (excluding diaryl/α,β-unsaturated/α-hetero) is 1. The number of hydrogen-bond acceptors (Lipinski definition) is 4. The van der Waals surface area contributed by atoms with Crippen LogP contribution in [0, 0.1) is 5.82 Å². The molecule has 0 radical (unpaired) electrons. The first kappa shape index (κ1) is 19.6. The molecule has 2 rings (SSSR count). The monoisotopic (exact) mass is 377 g/mol. The largest absolute Gasteiger partial charge is 0.454 e. The zero-order valence-corrected chi connectivity index (χ0v) is 14.8. The number of esters is 1. The molecule has 1 amide bonds. The molecule has 0 bridgehead atoms. The van der Waals surface area contributed by atoms with E-state index in [-0.39, 0.29) is 16.5 Å². The molecule has 0 fully saturated rings. The van der Waals surface area contributed by atoms with Crippen LogP contribution in [0.1, 0.15) is 33.2 Å². The van der Waals surface area contributed by atoms with Gasteiger partial charge in [0.15, 0.2) is 12.4 Å². The lowest BCUT2D eigenvalue weighted by Gasteiger charge is -2.07. The van der Waals surface area contributed by atoms with Crippen LogP contribution in [-0.4, -0.2) is 30.8 Å². The van der Waals surface area contributed by atoms with E-state index in [9.17, 15) is 18.8 Å². The van der Waals surface area contributed by atoms with Crippen molar-refractivity contribution in [1.29, 1.82) is 0 Å². The summed E-state index contributed by atoms with van der Waals surface area (Å²) in [5.74, 6) is -2.23. The number of carbonyl (C=O) groups is 3. The van der Waals surface area contributed by atoms with Gasteiger partial charge in [-0.2, -0.15) is 0 Å². The Morgan fingerprint density at radius 2 is 1.81 bits per heavy atom. The van der Waals surface area contributed by atoms with Crippen LogP contribution in [0.15, 0.2) is 42.5 Å². The van der Waals surface area contributed by atoms with E-state index in [1.165, 1.54) is 13.0 Å². The summed E-state index contributed by atoms with van der Waals surface area (Å²) in [7, 11) is 0. The molecule has 0 aliphatic carbocycles. The Hall–Kier alpha value is -2.73. The maximum absolute atomic E-state index is 13.6. The van der Waals surface area contributed by atoms with E-state index in [1.807, 2.05) is 0 Å². The number of halogens is 2. The fraction of sp³-hybridized carbons (Fsp3) is 0.211. The first-order valence-corrected chi connectivity index (χ1v) is 8.23. The summed E-state index contributed by atoms with van der Waals surface area (Å²) in [6, 6.07) is 10.2. The first-order chi connectivity index (χ1) is 12.4. The molecule has 2 aromatic rings. The lowest BCUT2D eigenvalue weighted by Crippen LogP contribution is -2.22. The SMILES string of the molecule is CC(=O)NCCc1ccc(C(=O)COC(=O)c2cc(Cl)ccc2F)cc1. The summed E-state index contributed by atoms with van der Waals surface area (Å²) in [6.45, 7) is 1.44. The van der Waals surface area contributed by atoms with Crippen LogP contribution in [0.3, 0.4) is 0 Å². The van der Waals surface area contributed by atoms with Crippen molar-refractivity contribution in [3.8, 4) is 0 Å². The van der Waals surface area contributed by atoms with Gasteiger partial charge in [-0.1, -0.05) is 35.9 Å². The van der Waals surface area contributed by atoms with Crippen LogP contribution in [0.5, 0.6) is 0 Å². The van der Waals surface area contributed by atoms with Gasteiger partial charge in [0.05, 0.1) is 5.56 Å².